The number of aromatic nitrogens is 3. The molecule has 0 unspecified atom stereocenters. The maximum absolute atomic E-state index is 13.4. The fourth-order valence-corrected chi connectivity index (χ4v) is 4.71. The number of carbonyl (C=O) groups excluding carboxylic acids is 2. The summed E-state index contributed by atoms with van der Waals surface area (Å²) in [5.41, 5.74) is 1.13. The SMILES string of the molecule is CC(C)(C)OC(=O)NCCCCN(Cc1nc2ccccc2n1C(=O)OC(C)(C)C)[C@H]1CCOc2cccnc21. The first-order valence-corrected chi connectivity index (χ1v) is 13.9. The fraction of sp³-hybridized carbons (Fsp3) is 0.533. The van der Waals surface area contributed by atoms with Crippen LogP contribution in [-0.4, -0.2) is 62.5 Å². The first-order valence-electron chi connectivity index (χ1n) is 13.9. The van der Waals surface area contributed by atoms with E-state index in [1.807, 2.05) is 77.9 Å². The Bertz CT molecular complexity index is 1320. The van der Waals surface area contributed by atoms with Crippen LogP contribution in [0.4, 0.5) is 9.59 Å². The summed E-state index contributed by atoms with van der Waals surface area (Å²) in [6.07, 6.45) is 3.23. The molecular formula is C30H41N5O5. The molecule has 0 fully saturated rings. The van der Waals surface area contributed by atoms with E-state index in [-0.39, 0.29) is 6.04 Å². The van der Waals surface area contributed by atoms with Gasteiger partial charge in [-0.3, -0.25) is 9.88 Å². The van der Waals surface area contributed by atoms with Crippen LogP contribution in [0.3, 0.4) is 0 Å². The largest absolute Gasteiger partial charge is 0.492 e. The Kier molecular flexibility index (Phi) is 8.98. The lowest BCUT2D eigenvalue weighted by atomic mass is 10.0. The Balaban J connectivity index is 1.57. The van der Waals surface area contributed by atoms with Crippen molar-refractivity contribution in [2.45, 2.75) is 84.6 Å². The highest BCUT2D eigenvalue weighted by atomic mass is 16.6. The second-order valence-electron chi connectivity index (χ2n) is 12.0. The molecule has 0 saturated carbocycles. The van der Waals surface area contributed by atoms with Crippen LogP contribution >= 0.6 is 0 Å². The molecule has 10 nitrogen and oxygen atoms in total. The molecule has 1 aromatic carbocycles. The Morgan fingerprint density at radius 3 is 2.55 bits per heavy atom. The van der Waals surface area contributed by atoms with Gasteiger partial charge in [0.2, 0.25) is 0 Å². The number of amides is 1. The molecule has 3 aromatic rings. The smallest absolute Gasteiger partial charge is 0.420 e. The number of benzene rings is 1. The van der Waals surface area contributed by atoms with Crippen LogP contribution in [-0.2, 0) is 16.0 Å². The van der Waals surface area contributed by atoms with Crippen LogP contribution in [0.5, 0.6) is 5.75 Å². The third-order valence-electron chi connectivity index (χ3n) is 6.30. The number of rotatable bonds is 8. The summed E-state index contributed by atoms with van der Waals surface area (Å²) in [5, 5.41) is 2.83. The Morgan fingerprint density at radius 1 is 1.05 bits per heavy atom. The fourth-order valence-electron chi connectivity index (χ4n) is 4.71. The molecular weight excluding hydrogens is 510 g/mol. The second-order valence-corrected chi connectivity index (χ2v) is 12.0. The summed E-state index contributed by atoms with van der Waals surface area (Å²) in [6.45, 7) is 13.3. The number of pyridine rings is 1. The zero-order valence-electron chi connectivity index (χ0n) is 24.4. The van der Waals surface area contributed by atoms with Crippen molar-refractivity contribution in [1.82, 2.24) is 24.8 Å². The molecule has 1 amide bonds. The van der Waals surface area contributed by atoms with Gasteiger partial charge in [0.25, 0.3) is 0 Å². The number of imidazole rings is 1. The van der Waals surface area contributed by atoms with Crippen LogP contribution < -0.4 is 10.1 Å². The predicted octanol–water partition coefficient (Wildman–Crippen LogP) is 5.85. The van der Waals surface area contributed by atoms with Crippen LogP contribution in [0.1, 0.15) is 78.4 Å². The van der Waals surface area contributed by atoms with Crippen LogP contribution in [0.15, 0.2) is 42.6 Å². The van der Waals surface area contributed by atoms with Crippen molar-refractivity contribution in [1.29, 1.82) is 0 Å². The van der Waals surface area contributed by atoms with Crippen LogP contribution in [0.25, 0.3) is 11.0 Å². The highest BCUT2D eigenvalue weighted by Gasteiger charge is 2.31. The molecule has 216 valence electrons. The molecule has 0 aliphatic carbocycles. The van der Waals surface area contributed by atoms with Gasteiger partial charge in [-0.15, -0.1) is 0 Å². The standard InChI is InChI=1S/C30H41N5O5/c1-29(2,3)39-27(36)32-16-9-10-18-34(23-15-19-38-24-14-11-17-31-26(23)24)20-25-33-21-12-7-8-13-22(21)35(25)28(37)40-30(4,5)6/h7-8,11-14,17,23H,9-10,15-16,18-20H2,1-6H3,(H,32,36)/t23-/m0/s1. The number of nitrogens with one attached hydrogen (secondary N) is 1. The molecule has 2 aromatic heterocycles. The average Bonchev–Trinajstić information content (AvgIpc) is 3.23. The third kappa shape index (κ3) is 7.71. The molecule has 4 rings (SSSR count). The van der Waals surface area contributed by atoms with Crippen molar-refractivity contribution in [2.75, 3.05) is 19.7 Å². The van der Waals surface area contributed by atoms with Crippen LogP contribution in [0, 0.1) is 0 Å². The molecule has 1 aliphatic rings. The molecule has 0 radical (unpaired) electrons. The van der Waals surface area contributed by atoms with Gasteiger partial charge in [0.05, 0.1) is 35.9 Å². The summed E-state index contributed by atoms with van der Waals surface area (Å²) >= 11 is 0. The quantitative estimate of drug-likeness (QED) is 0.348. The zero-order valence-corrected chi connectivity index (χ0v) is 24.4. The number of ether oxygens (including phenoxy) is 3. The van der Waals surface area contributed by atoms with Gasteiger partial charge < -0.3 is 19.5 Å². The van der Waals surface area contributed by atoms with Gasteiger partial charge in [-0.25, -0.2) is 19.1 Å². The van der Waals surface area contributed by atoms with Crippen molar-refractivity contribution in [3.8, 4) is 5.75 Å². The van der Waals surface area contributed by atoms with Crippen molar-refractivity contribution in [2.24, 2.45) is 0 Å². The zero-order chi connectivity index (χ0) is 28.9. The van der Waals surface area contributed by atoms with E-state index in [4.69, 9.17) is 19.2 Å². The van der Waals surface area contributed by atoms with Crippen molar-refractivity contribution < 1.29 is 23.8 Å². The molecule has 0 spiro atoms. The Hall–Kier alpha value is -3.66. The Morgan fingerprint density at radius 2 is 1.80 bits per heavy atom. The van der Waals surface area contributed by atoms with E-state index in [9.17, 15) is 9.59 Å². The topological polar surface area (TPSA) is 108 Å². The van der Waals surface area contributed by atoms with Gasteiger partial charge >= 0.3 is 12.2 Å². The highest BCUT2D eigenvalue weighted by molar-refractivity contribution is 5.87. The number of hydrogen-bond donors (Lipinski definition) is 1. The summed E-state index contributed by atoms with van der Waals surface area (Å²) < 4.78 is 18.6. The number of nitrogens with zero attached hydrogens (tertiary/aromatic N) is 4. The molecule has 0 saturated heterocycles. The normalized spacial score (nSPS) is 15.4. The lowest BCUT2D eigenvalue weighted by Gasteiger charge is -2.34. The van der Waals surface area contributed by atoms with E-state index in [1.54, 1.807) is 10.8 Å². The number of fused-ring (bicyclic) bond motifs is 2. The number of carbonyl (C=O) groups is 2. The summed E-state index contributed by atoms with van der Waals surface area (Å²) in [7, 11) is 0. The minimum Gasteiger partial charge on any atom is -0.492 e. The van der Waals surface area contributed by atoms with Crippen molar-refractivity contribution in [3.05, 3.63) is 54.1 Å². The average molecular weight is 552 g/mol. The minimum atomic E-state index is -0.649. The molecule has 3 heterocycles. The lowest BCUT2D eigenvalue weighted by Crippen LogP contribution is -2.36. The van der Waals surface area contributed by atoms with E-state index in [1.165, 1.54) is 0 Å². The number of unbranched alkanes of at least 4 members (excludes halogenated alkanes) is 1. The van der Waals surface area contributed by atoms with Gasteiger partial charge in [0, 0.05) is 19.2 Å². The number of para-hydroxylation sites is 2. The monoisotopic (exact) mass is 551 g/mol. The van der Waals surface area contributed by atoms with Crippen LogP contribution in [0.2, 0.25) is 0 Å². The maximum atomic E-state index is 13.4. The van der Waals surface area contributed by atoms with E-state index in [2.05, 4.69) is 15.2 Å². The summed E-state index contributed by atoms with van der Waals surface area (Å²) in [6, 6.07) is 11.4. The van der Waals surface area contributed by atoms with E-state index < -0.39 is 23.4 Å². The van der Waals surface area contributed by atoms with E-state index in [0.29, 0.717) is 37.6 Å². The third-order valence-corrected chi connectivity index (χ3v) is 6.30. The molecule has 1 aliphatic heterocycles. The van der Waals surface area contributed by atoms with E-state index >= 15 is 0 Å². The van der Waals surface area contributed by atoms with Gasteiger partial charge in [0.15, 0.2) is 0 Å². The summed E-state index contributed by atoms with van der Waals surface area (Å²) in [5.74, 6) is 1.38. The second kappa shape index (κ2) is 12.2. The van der Waals surface area contributed by atoms with Gasteiger partial charge in [-0.1, -0.05) is 12.1 Å². The summed E-state index contributed by atoms with van der Waals surface area (Å²) in [4.78, 5) is 37.2. The molecule has 40 heavy (non-hydrogen) atoms. The van der Waals surface area contributed by atoms with Crippen molar-refractivity contribution in [3.63, 3.8) is 0 Å². The van der Waals surface area contributed by atoms with E-state index in [0.717, 1.165) is 36.2 Å². The van der Waals surface area contributed by atoms with Gasteiger partial charge in [-0.2, -0.15) is 0 Å². The maximum Gasteiger partial charge on any atom is 0.420 e. The number of hydrogen-bond acceptors (Lipinski definition) is 8. The van der Waals surface area contributed by atoms with Gasteiger partial charge in [-0.05, 0) is 85.2 Å². The van der Waals surface area contributed by atoms with Gasteiger partial charge in [0.1, 0.15) is 22.8 Å². The van der Waals surface area contributed by atoms with Crippen molar-refractivity contribution >= 4 is 23.2 Å². The first-order chi connectivity index (χ1) is 18.9. The highest BCUT2D eigenvalue weighted by Crippen LogP contribution is 2.35. The number of alkyl carbamates (subject to hydrolysis) is 1. The molecule has 1 N–H and O–H groups in total. The predicted molar refractivity (Wildman–Crippen MR) is 152 cm³/mol. The molecule has 1 atom stereocenters. The Labute approximate surface area is 236 Å². The first kappa shape index (κ1) is 29.3. The lowest BCUT2D eigenvalue weighted by molar-refractivity contribution is 0.0519. The minimum absolute atomic E-state index is 0.0179. The molecule has 0 bridgehead atoms. The molecule has 10 heteroatoms.